The van der Waals surface area contributed by atoms with Crippen molar-refractivity contribution in [2.24, 2.45) is 5.92 Å². The zero-order valence-electron chi connectivity index (χ0n) is 19.6. The highest BCUT2D eigenvalue weighted by molar-refractivity contribution is 8.01. The number of carbonyl (C=O) groups is 3. The van der Waals surface area contributed by atoms with Crippen molar-refractivity contribution in [1.29, 1.82) is 5.26 Å². The molecule has 1 saturated heterocycles. The van der Waals surface area contributed by atoms with Crippen molar-refractivity contribution in [3.05, 3.63) is 24.3 Å². The molecule has 3 unspecified atom stereocenters. The standard InChI is InChI=1S/C23H31F2N5O4S/c1-2-30-21(12-16(14-26)22(32)29-11-8-25)35-19(23(30)33)6-9-27-17-4-3-5-18(13-17)34-15-20(31)28-10-7-24/h3-5,13,16,19,21,27H,2,6-12,15H2,1H3,(H,28,31)(H,29,32). The number of ether oxygens (including phenoxy) is 1. The molecule has 3 atom stereocenters. The quantitative estimate of drug-likeness (QED) is 0.328. The molecule has 192 valence electrons. The Balaban J connectivity index is 1.86. The van der Waals surface area contributed by atoms with Gasteiger partial charge in [-0.25, -0.2) is 8.78 Å². The largest absolute Gasteiger partial charge is 0.484 e. The maximum atomic E-state index is 12.8. The highest BCUT2D eigenvalue weighted by Gasteiger charge is 2.40. The number of nitrogens with one attached hydrogen (secondary N) is 3. The van der Waals surface area contributed by atoms with Gasteiger partial charge >= 0.3 is 0 Å². The molecule has 0 aliphatic carbocycles. The molecule has 9 nitrogen and oxygen atoms in total. The second-order valence-electron chi connectivity index (χ2n) is 7.67. The van der Waals surface area contributed by atoms with Crippen LogP contribution in [0.15, 0.2) is 24.3 Å². The normalized spacial score (nSPS) is 18.0. The average molecular weight is 512 g/mol. The number of alkyl halides is 2. The molecule has 0 aromatic heterocycles. The predicted molar refractivity (Wildman–Crippen MR) is 129 cm³/mol. The molecule has 1 aromatic rings. The Kier molecular flexibility index (Phi) is 12.1. The number of halogens is 2. The number of hydrogen-bond acceptors (Lipinski definition) is 7. The first-order valence-corrected chi connectivity index (χ1v) is 12.4. The minimum Gasteiger partial charge on any atom is -0.484 e. The molecule has 1 fully saturated rings. The van der Waals surface area contributed by atoms with Crippen LogP contribution < -0.4 is 20.7 Å². The zero-order valence-corrected chi connectivity index (χ0v) is 20.4. The lowest BCUT2D eigenvalue weighted by Crippen LogP contribution is -2.38. The third-order valence-corrected chi connectivity index (χ3v) is 6.75. The van der Waals surface area contributed by atoms with Gasteiger partial charge in [-0.1, -0.05) is 6.07 Å². The SMILES string of the molecule is CCN1C(=O)C(CCNc2cccc(OCC(=O)NCCF)c2)SC1CC(C#N)C(=O)NCCF. The fourth-order valence-electron chi connectivity index (χ4n) is 3.53. The Morgan fingerprint density at radius 2 is 1.97 bits per heavy atom. The Morgan fingerprint density at radius 3 is 2.66 bits per heavy atom. The highest BCUT2D eigenvalue weighted by Crippen LogP contribution is 2.37. The number of carbonyl (C=O) groups excluding carboxylic acids is 3. The van der Waals surface area contributed by atoms with E-state index in [1.807, 2.05) is 19.1 Å². The van der Waals surface area contributed by atoms with Gasteiger partial charge in [0.2, 0.25) is 11.8 Å². The number of nitriles is 1. The number of benzene rings is 1. The summed E-state index contributed by atoms with van der Waals surface area (Å²) in [6, 6.07) is 8.97. The van der Waals surface area contributed by atoms with Gasteiger partial charge in [-0.15, -0.1) is 11.8 Å². The van der Waals surface area contributed by atoms with Crippen molar-refractivity contribution in [2.75, 3.05) is 51.5 Å². The number of hydrogen-bond donors (Lipinski definition) is 3. The summed E-state index contributed by atoms with van der Waals surface area (Å²) in [6.07, 6.45) is 0.708. The van der Waals surface area contributed by atoms with Gasteiger partial charge in [0.15, 0.2) is 6.61 Å². The molecule has 12 heteroatoms. The Bertz CT molecular complexity index is 901. The third-order valence-electron chi connectivity index (χ3n) is 5.23. The van der Waals surface area contributed by atoms with Gasteiger partial charge in [-0.2, -0.15) is 5.26 Å². The van der Waals surface area contributed by atoms with Crippen molar-refractivity contribution >= 4 is 35.2 Å². The Hall–Kier alpha value is -3.07. The van der Waals surface area contributed by atoms with E-state index in [0.29, 0.717) is 25.3 Å². The number of nitrogens with zero attached hydrogens (tertiary/aromatic N) is 2. The average Bonchev–Trinajstić information content (AvgIpc) is 3.17. The minimum atomic E-state index is -0.959. The number of thioether (sulfide) groups is 1. The van der Waals surface area contributed by atoms with Crippen LogP contribution in [-0.4, -0.2) is 79.4 Å². The molecular weight excluding hydrogens is 480 g/mol. The summed E-state index contributed by atoms with van der Waals surface area (Å²) in [5.74, 6) is -1.46. The lowest BCUT2D eigenvalue weighted by atomic mass is 10.1. The minimum absolute atomic E-state index is 0.0402. The first-order valence-electron chi connectivity index (χ1n) is 11.4. The maximum absolute atomic E-state index is 12.8. The van der Waals surface area contributed by atoms with Crippen LogP contribution in [0.1, 0.15) is 19.8 Å². The van der Waals surface area contributed by atoms with E-state index in [1.54, 1.807) is 23.1 Å². The first-order chi connectivity index (χ1) is 16.9. The molecule has 1 aromatic carbocycles. The van der Waals surface area contributed by atoms with Gasteiger partial charge in [0.1, 0.15) is 25.0 Å². The van der Waals surface area contributed by atoms with E-state index < -0.39 is 31.1 Å². The Labute approximate surface area is 207 Å². The van der Waals surface area contributed by atoms with Gasteiger partial charge < -0.3 is 25.6 Å². The number of rotatable bonds is 15. The zero-order chi connectivity index (χ0) is 25.6. The van der Waals surface area contributed by atoms with Crippen molar-refractivity contribution in [2.45, 2.75) is 30.4 Å². The molecule has 3 N–H and O–H groups in total. The van der Waals surface area contributed by atoms with Gasteiger partial charge in [0.25, 0.3) is 5.91 Å². The molecule has 1 heterocycles. The fourth-order valence-corrected chi connectivity index (χ4v) is 5.11. The topological polar surface area (TPSA) is 124 Å². The van der Waals surface area contributed by atoms with Crippen LogP contribution in [0.4, 0.5) is 14.5 Å². The van der Waals surface area contributed by atoms with Crippen molar-refractivity contribution in [3.63, 3.8) is 0 Å². The maximum Gasteiger partial charge on any atom is 0.258 e. The van der Waals surface area contributed by atoms with Crippen molar-refractivity contribution in [1.82, 2.24) is 15.5 Å². The van der Waals surface area contributed by atoms with Crippen molar-refractivity contribution in [3.8, 4) is 11.8 Å². The predicted octanol–water partition coefficient (Wildman–Crippen LogP) is 1.86. The second kappa shape index (κ2) is 15.0. The summed E-state index contributed by atoms with van der Waals surface area (Å²) in [7, 11) is 0. The molecule has 2 rings (SSSR count). The molecule has 0 saturated carbocycles. The smallest absolute Gasteiger partial charge is 0.258 e. The van der Waals surface area contributed by atoms with E-state index in [4.69, 9.17) is 4.74 Å². The van der Waals surface area contributed by atoms with Gasteiger partial charge in [-0.3, -0.25) is 14.4 Å². The summed E-state index contributed by atoms with van der Waals surface area (Å²) < 4.78 is 29.8. The van der Waals surface area contributed by atoms with E-state index in [0.717, 1.165) is 5.69 Å². The van der Waals surface area contributed by atoms with Crippen LogP contribution in [0, 0.1) is 17.2 Å². The van der Waals surface area contributed by atoms with E-state index >= 15 is 0 Å². The molecule has 1 aliphatic rings. The van der Waals surface area contributed by atoms with Gasteiger partial charge in [-0.05, 0) is 25.5 Å². The van der Waals surface area contributed by atoms with E-state index in [9.17, 15) is 28.4 Å². The molecule has 0 spiro atoms. The molecule has 0 radical (unpaired) electrons. The number of anilines is 1. The third kappa shape index (κ3) is 8.90. The molecule has 1 aliphatic heterocycles. The summed E-state index contributed by atoms with van der Waals surface area (Å²) in [5, 5.41) is 16.7. The van der Waals surface area contributed by atoms with Gasteiger partial charge in [0.05, 0.1) is 16.7 Å². The fraction of sp³-hybridized carbons (Fsp3) is 0.565. The van der Waals surface area contributed by atoms with Crippen LogP contribution in [0.25, 0.3) is 0 Å². The number of amides is 3. The van der Waals surface area contributed by atoms with E-state index in [2.05, 4.69) is 16.0 Å². The lowest BCUT2D eigenvalue weighted by Gasteiger charge is -2.23. The first kappa shape index (κ1) is 28.2. The Morgan fingerprint density at radius 1 is 1.23 bits per heavy atom. The molecule has 0 bridgehead atoms. The van der Waals surface area contributed by atoms with E-state index in [1.165, 1.54) is 11.8 Å². The van der Waals surface area contributed by atoms with Crippen LogP contribution >= 0.6 is 11.8 Å². The van der Waals surface area contributed by atoms with Crippen LogP contribution in [0.5, 0.6) is 5.75 Å². The second-order valence-corrected chi connectivity index (χ2v) is 9.06. The van der Waals surface area contributed by atoms with Gasteiger partial charge in [0, 0.05) is 44.4 Å². The lowest BCUT2D eigenvalue weighted by molar-refractivity contribution is -0.131. The van der Waals surface area contributed by atoms with Crippen LogP contribution in [0.3, 0.4) is 0 Å². The van der Waals surface area contributed by atoms with Crippen LogP contribution in [-0.2, 0) is 14.4 Å². The summed E-state index contributed by atoms with van der Waals surface area (Å²) in [5.41, 5.74) is 0.750. The van der Waals surface area contributed by atoms with E-state index in [-0.39, 0.29) is 42.6 Å². The van der Waals surface area contributed by atoms with Crippen LogP contribution in [0.2, 0.25) is 0 Å². The highest BCUT2D eigenvalue weighted by atomic mass is 32.2. The summed E-state index contributed by atoms with van der Waals surface area (Å²) in [4.78, 5) is 38.2. The molecular formula is C23H31F2N5O4S. The summed E-state index contributed by atoms with van der Waals surface area (Å²) >= 11 is 1.43. The van der Waals surface area contributed by atoms with Crippen molar-refractivity contribution < 1.29 is 27.9 Å². The molecule has 35 heavy (non-hydrogen) atoms. The summed E-state index contributed by atoms with van der Waals surface area (Å²) in [6.45, 7) is 1.04. The monoisotopic (exact) mass is 511 g/mol. The molecule has 3 amide bonds.